The van der Waals surface area contributed by atoms with Gasteiger partial charge >= 0.3 is 0 Å². The Morgan fingerprint density at radius 1 is 1.44 bits per heavy atom. The minimum atomic E-state index is -0.0481. The lowest BCUT2D eigenvalue weighted by atomic mass is 10.2. The summed E-state index contributed by atoms with van der Waals surface area (Å²) in [4.78, 5) is 24.4. The first-order valence-corrected chi connectivity index (χ1v) is 5.89. The Bertz CT molecular complexity index is 622. The second-order valence-corrected chi connectivity index (χ2v) is 4.38. The number of anilines is 1. The highest BCUT2D eigenvalue weighted by molar-refractivity contribution is 5.54. The van der Waals surface area contributed by atoms with Crippen molar-refractivity contribution in [2.75, 3.05) is 5.32 Å². The lowest BCUT2D eigenvalue weighted by Gasteiger charge is -2.24. The van der Waals surface area contributed by atoms with E-state index in [0.29, 0.717) is 29.9 Å². The van der Waals surface area contributed by atoms with Crippen LogP contribution in [0.25, 0.3) is 11.4 Å². The quantitative estimate of drug-likeness (QED) is 0.805. The molecule has 3 rings (SSSR count). The average Bonchev–Trinajstić information content (AvgIpc) is 2.39. The minimum Gasteiger partial charge on any atom is -0.353 e. The Kier molecular flexibility index (Phi) is 2.55. The van der Waals surface area contributed by atoms with Crippen molar-refractivity contribution in [3.05, 3.63) is 35.0 Å². The van der Waals surface area contributed by atoms with Gasteiger partial charge in [0.2, 0.25) is 5.95 Å². The largest absolute Gasteiger partial charge is 0.353 e. The van der Waals surface area contributed by atoms with Crippen molar-refractivity contribution >= 4 is 5.95 Å². The third-order valence-corrected chi connectivity index (χ3v) is 3.01. The zero-order valence-electron chi connectivity index (χ0n) is 10.00. The Balaban J connectivity index is 2.12. The maximum atomic E-state index is 12.0. The van der Waals surface area contributed by atoms with E-state index in [1.807, 2.05) is 0 Å². The van der Waals surface area contributed by atoms with Crippen LogP contribution in [0.2, 0.25) is 0 Å². The van der Waals surface area contributed by atoms with Gasteiger partial charge in [0.15, 0.2) is 0 Å². The van der Waals surface area contributed by atoms with Gasteiger partial charge in [0.05, 0.1) is 11.4 Å². The molecule has 18 heavy (non-hydrogen) atoms. The van der Waals surface area contributed by atoms with E-state index in [1.54, 1.807) is 16.8 Å². The van der Waals surface area contributed by atoms with E-state index in [9.17, 15) is 4.79 Å². The van der Waals surface area contributed by atoms with Gasteiger partial charge in [-0.25, -0.2) is 15.0 Å². The van der Waals surface area contributed by atoms with Crippen molar-refractivity contribution in [3.8, 4) is 11.4 Å². The fourth-order valence-corrected chi connectivity index (χ4v) is 2.02. The van der Waals surface area contributed by atoms with Gasteiger partial charge in [-0.2, -0.15) is 0 Å². The average molecular weight is 243 g/mol. The molecule has 0 spiro atoms. The van der Waals surface area contributed by atoms with E-state index in [2.05, 4.69) is 27.2 Å². The molecule has 0 saturated heterocycles. The summed E-state index contributed by atoms with van der Waals surface area (Å²) in [6, 6.07) is 3.59. The van der Waals surface area contributed by atoms with Gasteiger partial charge in [0, 0.05) is 24.8 Å². The van der Waals surface area contributed by atoms with Crippen molar-refractivity contribution in [2.45, 2.75) is 25.9 Å². The van der Waals surface area contributed by atoms with Crippen LogP contribution in [0.5, 0.6) is 0 Å². The summed E-state index contributed by atoms with van der Waals surface area (Å²) in [5.74, 6) is 0.620. The molecular weight excluding hydrogens is 230 g/mol. The highest BCUT2D eigenvalue weighted by atomic mass is 16.1. The summed E-state index contributed by atoms with van der Waals surface area (Å²) in [6.45, 7) is 2.78. The molecule has 0 aliphatic carbocycles. The molecule has 6 heteroatoms. The van der Waals surface area contributed by atoms with Gasteiger partial charge in [0.25, 0.3) is 5.56 Å². The van der Waals surface area contributed by atoms with Gasteiger partial charge in [0.1, 0.15) is 6.33 Å². The molecule has 92 valence electrons. The second kappa shape index (κ2) is 4.21. The maximum Gasteiger partial charge on any atom is 0.255 e. The first-order valence-electron chi connectivity index (χ1n) is 5.89. The Hall–Kier alpha value is -2.24. The van der Waals surface area contributed by atoms with Crippen molar-refractivity contribution < 1.29 is 0 Å². The molecular formula is C12H13N5O. The first kappa shape index (κ1) is 10.9. The van der Waals surface area contributed by atoms with Crippen LogP contribution in [0.4, 0.5) is 5.95 Å². The molecule has 0 fully saturated rings. The van der Waals surface area contributed by atoms with E-state index >= 15 is 0 Å². The lowest BCUT2D eigenvalue weighted by Crippen LogP contribution is -2.34. The third-order valence-electron chi connectivity index (χ3n) is 3.01. The predicted octanol–water partition coefficient (Wildman–Crippen LogP) is 0.904. The molecule has 0 aromatic carbocycles. The summed E-state index contributed by atoms with van der Waals surface area (Å²) in [5.41, 5.74) is 1.19. The van der Waals surface area contributed by atoms with Crippen molar-refractivity contribution in [3.63, 3.8) is 0 Å². The smallest absolute Gasteiger partial charge is 0.255 e. The molecule has 2 aromatic heterocycles. The fourth-order valence-electron chi connectivity index (χ4n) is 2.02. The molecule has 1 atom stereocenters. The van der Waals surface area contributed by atoms with E-state index < -0.39 is 0 Å². The monoisotopic (exact) mass is 243 g/mol. The van der Waals surface area contributed by atoms with Crippen LogP contribution in [0.1, 0.15) is 13.3 Å². The Morgan fingerprint density at radius 3 is 3.11 bits per heavy atom. The molecule has 0 radical (unpaired) electrons. The van der Waals surface area contributed by atoms with Gasteiger partial charge in [-0.3, -0.25) is 9.36 Å². The van der Waals surface area contributed by atoms with Crippen LogP contribution in [0, 0.1) is 0 Å². The zero-order chi connectivity index (χ0) is 12.5. The third kappa shape index (κ3) is 1.85. The molecule has 6 nitrogen and oxygen atoms in total. The van der Waals surface area contributed by atoms with Gasteiger partial charge in [-0.1, -0.05) is 0 Å². The molecule has 0 bridgehead atoms. The zero-order valence-corrected chi connectivity index (χ0v) is 10.00. The van der Waals surface area contributed by atoms with E-state index in [0.717, 1.165) is 6.42 Å². The molecule has 1 unspecified atom stereocenters. The van der Waals surface area contributed by atoms with E-state index in [-0.39, 0.29) is 5.56 Å². The van der Waals surface area contributed by atoms with E-state index in [1.165, 1.54) is 12.4 Å². The standard InChI is InChI=1S/C12H13N5O/c1-8-3-5-17-11(18)6-10(16-12(17)15-8)9-2-4-13-7-14-9/h2,4,6-8H,3,5H2,1H3,(H,15,16). The molecule has 3 heterocycles. The van der Waals surface area contributed by atoms with Gasteiger partial charge in [-0.15, -0.1) is 0 Å². The number of nitrogens with one attached hydrogen (secondary N) is 1. The van der Waals surface area contributed by atoms with Crippen molar-refractivity contribution in [1.82, 2.24) is 19.5 Å². The topological polar surface area (TPSA) is 72.7 Å². The molecule has 2 aromatic rings. The summed E-state index contributed by atoms with van der Waals surface area (Å²) in [7, 11) is 0. The lowest BCUT2D eigenvalue weighted by molar-refractivity contribution is 0.531. The summed E-state index contributed by atoms with van der Waals surface area (Å²) >= 11 is 0. The number of nitrogens with zero attached hydrogens (tertiary/aromatic N) is 4. The summed E-state index contributed by atoms with van der Waals surface area (Å²) < 4.78 is 1.66. The number of rotatable bonds is 1. The highest BCUT2D eigenvalue weighted by Crippen LogP contribution is 2.17. The van der Waals surface area contributed by atoms with Crippen LogP contribution in [0.3, 0.4) is 0 Å². The van der Waals surface area contributed by atoms with Crippen molar-refractivity contribution in [2.24, 2.45) is 0 Å². The van der Waals surface area contributed by atoms with Crippen LogP contribution in [-0.2, 0) is 6.54 Å². The van der Waals surface area contributed by atoms with Gasteiger partial charge in [-0.05, 0) is 19.4 Å². The first-order chi connectivity index (χ1) is 8.74. The molecule has 0 saturated carbocycles. The normalized spacial score (nSPS) is 17.9. The molecule has 1 N–H and O–H groups in total. The maximum absolute atomic E-state index is 12.0. The summed E-state index contributed by atoms with van der Waals surface area (Å²) in [6.07, 6.45) is 4.02. The molecule has 1 aliphatic heterocycles. The highest BCUT2D eigenvalue weighted by Gasteiger charge is 2.17. The van der Waals surface area contributed by atoms with Crippen LogP contribution in [0.15, 0.2) is 29.5 Å². The Morgan fingerprint density at radius 2 is 2.33 bits per heavy atom. The van der Waals surface area contributed by atoms with Crippen molar-refractivity contribution in [1.29, 1.82) is 0 Å². The number of aromatic nitrogens is 4. The molecule has 1 aliphatic rings. The SMILES string of the molecule is CC1CCn2c(nc(-c3ccncn3)cc2=O)N1. The van der Waals surface area contributed by atoms with Crippen LogP contribution >= 0.6 is 0 Å². The second-order valence-electron chi connectivity index (χ2n) is 4.38. The number of fused-ring (bicyclic) bond motifs is 1. The number of hydrogen-bond donors (Lipinski definition) is 1. The van der Waals surface area contributed by atoms with E-state index in [4.69, 9.17) is 0 Å². The molecule has 0 amide bonds. The minimum absolute atomic E-state index is 0.0481. The number of hydrogen-bond acceptors (Lipinski definition) is 5. The van der Waals surface area contributed by atoms with Crippen LogP contribution < -0.4 is 10.9 Å². The summed E-state index contributed by atoms with van der Waals surface area (Å²) in [5, 5.41) is 3.22. The Labute approximate surface area is 104 Å². The predicted molar refractivity (Wildman–Crippen MR) is 67.2 cm³/mol. The fraction of sp³-hybridized carbons (Fsp3) is 0.333. The van der Waals surface area contributed by atoms with Crippen LogP contribution in [-0.4, -0.2) is 25.6 Å². The van der Waals surface area contributed by atoms with Gasteiger partial charge < -0.3 is 5.32 Å².